The van der Waals surface area contributed by atoms with Crippen LogP contribution in [0.5, 0.6) is 0 Å². The predicted molar refractivity (Wildman–Crippen MR) is 111 cm³/mol. The zero-order valence-corrected chi connectivity index (χ0v) is 17.2. The highest BCUT2D eigenvalue weighted by molar-refractivity contribution is 9.12. The average molecular weight is 469 g/mol. The molecule has 0 aromatic heterocycles. The zero-order valence-electron chi connectivity index (χ0n) is 13.3. The zero-order chi connectivity index (χ0) is 18.7. The van der Waals surface area contributed by atoms with E-state index in [9.17, 15) is 9.59 Å². The van der Waals surface area contributed by atoms with Crippen LogP contribution in [0.3, 0.4) is 0 Å². The van der Waals surface area contributed by atoms with Gasteiger partial charge in [-0.15, -0.1) is 0 Å². The Balaban J connectivity index is 1.82. The molecule has 1 heterocycles. The lowest BCUT2D eigenvalue weighted by molar-refractivity contribution is -0.123. The molecule has 3 rings (SSSR count). The number of hydrogen-bond donors (Lipinski definition) is 0. The van der Waals surface area contributed by atoms with Gasteiger partial charge in [-0.2, -0.15) is 0 Å². The van der Waals surface area contributed by atoms with Crippen LogP contribution in [0, 0.1) is 0 Å². The lowest BCUT2D eigenvalue weighted by atomic mass is 10.2. The summed E-state index contributed by atoms with van der Waals surface area (Å²) in [6.07, 6.45) is 3.52. The number of benzene rings is 2. The molecule has 2 amide bonds. The fourth-order valence-electron chi connectivity index (χ4n) is 2.35. The minimum atomic E-state index is -0.366. The van der Waals surface area contributed by atoms with Crippen molar-refractivity contribution < 1.29 is 9.59 Å². The molecule has 2 aromatic carbocycles. The quantitative estimate of drug-likeness (QED) is 0.480. The fraction of sp³-hybridized carbons (Fsp3) is 0.0526. The van der Waals surface area contributed by atoms with Gasteiger partial charge in [-0.3, -0.25) is 14.5 Å². The van der Waals surface area contributed by atoms with Crippen LogP contribution >= 0.6 is 50.9 Å². The van der Waals surface area contributed by atoms with E-state index in [2.05, 4.69) is 15.9 Å². The van der Waals surface area contributed by atoms with Gasteiger partial charge in [-0.05, 0) is 41.6 Å². The van der Waals surface area contributed by atoms with E-state index in [-0.39, 0.29) is 17.7 Å². The molecule has 0 atom stereocenters. The standard InChI is InChI=1S/C19H12BrCl2NO2S/c20-13(9-12-5-2-1-3-6-12)10-17-18(24)23(19(25)26-17)11-14-15(21)7-4-8-16(14)22/h1-10H,11H2/b13-9-,17-10-. The number of hydrogen-bond acceptors (Lipinski definition) is 3. The summed E-state index contributed by atoms with van der Waals surface area (Å²) >= 11 is 16.6. The SMILES string of the molecule is O=C1S/C(=C\C(Br)=C\c2ccccc2)C(=O)N1Cc1c(Cl)cccc1Cl. The highest BCUT2D eigenvalue weighted by Gasteiger charge is 2.35. The van der Waals surface area contributed by atoms with E-state index in [0.29, 0.717) is 25.0 Å². The van der Waals surface area contributed by atoms with Crippen molar-refractivity contribution in [2.24, 2.45) is 0 Å². The molecule has 0 aliphatic carbocycles. The van der Waals surface area contributed by atoms with E-state index in [1.165, 1.54) is 0 Å². The van der Waals surface area contributed by atoms with Gasteiger partial charge in [-0.1, -0.05) is 75.5 Å². The van der Waals surface area contributed by atoms with Gasteiger partial charge in [0.25, 0.3) is 11.1 Å². The number of thioether (sulfide) groups is 1. The Morgan fingerprint density at radius 2 is 1.69 bits per heavy atom. The number of carbonyl (C=O) groups excluding carboxylic acids is 2. The van der Waals surface area contributed by atoms with Crippen molar-refractivity contribution in [3.05, 3.63) is 85.2 Å². The second-order valence-electron chi connectivity index (χ2n) is 5.41. The summed E-state index contributed by atoms with van der Waals surface area (Å²) in [6, 6.07) is 14.7. The first-order valence-corrected chi connectivity index (χ1v) is 9.93. The van der Waals surface area contributed by atoms with Crippen molar-refractivity contribution in [3.63, 3.8) is 0 Å². The summed E-state index contributed by atoms with van der Waals surface area (Å²) in [5.74, 6) is -0.366. The Bertz CT molecular complexity index is 908. The van der Waals surface area contributed by atoms with E-state index in [1.54, 1.807) is 24.3 Å². The Morgan fingerprint density at radius 1 is 1.04 bits per heavy atom. The number of rotatable bonds is 4. The van der Waals surface area contributed by atoms with E-state index in [4.69, 9.17) is 23.2 Å². The Kier molecular flexibility index (Phi) is 6.24. The molecular formula is C19H12BrCl2NO2S. The number of amides is 2. The molecule has 2 aromatic rings. The number of allylic oxidation sites excluding steroid dienone is 2. The third-order valence-corrected chi connectivity index (χ3v) is 5.70. The first-order valence-electron chi connectivity index (χ1n) is 7.56. The van der Waals surface area contributed by atoms with Gasteiger partial charge in [0.2, 0.25) is 0 Å². The molecule has 0 saturated carbocycles. The molecule has 0 bridgehead atoms. The Labute approximate surface area is 173 Å². The maximum absolute atomic E-state index is 12.6. The molecule has 1 saturated heterocycles. The van der Waals surface area contributed by atoms with E-state index in [0.717, 1.165) is 22.2 Å². The van der Waals surface area contributed by atoms with Gasteiger partial charge < -0.3 is 0 Å². The Morgan fingerprint density at radius 3 is 2.35 bits per heavy atom. The van der Waals surface area contributed by atoms with Gasteiger partial charge in [0, 0.05) is 20.1 Å². The average Bonchev–Trinajstić information content (AvgIpc) is 2.86. The second kappa shape index (κ2) is 8.44. The third kappa shape index (κ3) is 4.41. The maximum Gasteiger partial charge on any atom is 0.293 e. The van der Waals surface area contributed by atoms with Crippen LogP contribution in [0.2, 0.25) is 10.0 Å². The maximum atomic E-state index is 12.6. The van der Waals surface area contributed by atoms with Gasteiger partial charge >= 0.3 is 0 Å². The second-order valence-corrected chi connectivity index (χ2v) is 8.13. The molecule has 0 spiro atoms. The number of imide groups is 1. The number of halogens is 3. The van der Waals surface area contributed by atoms with Crippen molar-refractivity contribution in [1.29, 1.82) is 0 Å². The van der Waals surface area contributed by atoms with Crippen molar-refractivity contribution in [3.8, 4) is 0 Å². The summed E-state index contributed by atoms with van der Waals surface area (Å²) in [7, 11) is 0. The lowest BCUT2D eigenvalue weighted by Gasteiger charge is -2.14. The van der Waals surface area contributed by atoms with Crippen molar-refractivity contribution in [1.82, 2.24) is 4.90 Å². The molecule has 0 radical (unpaired) electrons. The first kappa shape index (κ1) is 19.2. The predicted octanol–water partition coefficient (Wildman–Crippen LogP) is 6.51. The molecule has 132 valence electrons. The normalized spacial score (nSPS) is 16.7. The van der Waals surface area contributed by atoms with Crippen LogP contribution in [0.15, 0.2) is 64.0 Å². The first-order chi connectivity index (χ1) is 12.5. The van der Waals surface area contributed by atoms with Gasteiger partial charge in [-0.25, -0.2) is 0 Å². The molecule has 26 heavy (non-hydrogen) atoms. The molecular weight excluding hydrogens is 457 g/mol. The van der Waals surface area contributed by atoms with Crippen LogP contribution < -0.4 is 0 Å². The lowest BCUT2D eigenvalue weighted by Crippen LogP contribution is -2.27. The highest BCUT2D eigenvalue weighted by Crippen LogP contribution is 2.35. The molecule has 0 N–H and O–H groups in total. The summed E-state index contributed by atoms with van der Waals surface area (Å²) < 4.78 is 0.699. The largest absolute Gasteiger partial charge is 0.293 e. The summed E-state index contributed by atoms with van der Waals surface area (Å²) in [6.45, 7) is 0.0422. The van der Waals surface area contributed by atoms with E-state index in [1.807, 2.05) is 36.4 Å². The highest BCUT2D eigenvalue weighted by atomic mass is 79.9. The smallest absolute Gasteiger partial charge is 0.268 e. The van der Waals surface area contributed by atoms with Crippen LogP contribution in [-0.2, 0) is 11.3 Å². The van der Waals surface area contributed by atoms with Gasteiger partial charge in [0.15, 0.2) is 0 Å². The van der Waals surface area contributed by atoms with Gasteiger partial charge in [0.05, 0.1) is 11.4 Å². The molecule has 0 unspecified atom stereocenters. The van der Waals surface area contributed by atoms with Crippen molar-refractivity contribution in [2.75, 3.05) is 0 Å². The van der Waals surface area contributed by atoms with E-state index < -0.39 is 0 Å². The topological polar surface area (TPSA) is 37.4 Å². The molecule has 3 nitrogen and oxygen atoms in total. The van der Waals surface area contributed by atoms with Crippen molar-refractivity contribution >= 4 is 68.1 Å². The summed E-state index contributed by atoms with van der Waals surface area (Å²) in [5.41, 5.74) is 1.54. The van der Waals surface area contributed by atoms with Gasteiger partial charge in [0.1, 0.15) is 0 Å². The summed E-state index contributed by atoms with van der Waals surface area (Å²) in [5, 5.41) is 0.494. The van der Waals surface area contributed by atoms with Crippen molar-refractivity contribution in [2.45, 2.75) is 6.54 Å². The fourth-order valence-corrected chi connectivity index (χ4v) is 4.34. The minimum absolute atomic E-state index is 0.0422. The number of nitrogens with zero attached hydrogens (tertiary/aromatic N) is 1. The number of carbonyl (C=O) groups is 2. The van der Waals surface area contributed by atoms with Crippen LogP contribution in [-0.4, -0.2) is 16.0 Å². The molecule has 1 aliphatic rings. The van der Waals surface area contributed by atoms with Crippen LogP contribution in [0.1, 0.15) is 11.1 Å². The minimum Gasteiger partial charge on any atom is -0.268 e. The van der Waals surface area contributed by atoms with E-state index >= 15 is 0 Å². The third-order valence-electron chi connectivity index (χ3n) is 3.62. The molecule has 1 aliphatic heterocycles. The van der Waals surface area contributed by atoms with Crippen LogP contribution in [0.25, 0.3) is 6.08 Å². The monoisotopic (exact) mass is 467 g/mol. The molecule has 1 fully saturated rings. The summed E-state index contributed by atoms with van der Waals surface area (Å²) in [4.78, 5) is 26.4. The Hall–Kier alpha value is -1.53. The van der Waals surface area contributed by atoms with Crippen LogP contribution in [0.4, 0.5) is 4.79 Å². The molecule has 7 heteroatoms.